The molecule has 0 atom stereocenters. The van der Waals surface area contributed by atoms with Crippen molar-refractivity contribution in [1.82, 2.24) is 9.80 Å². The summed E-state index contributed by atoms with van der Waals surface area (Å²) in [6.07, 6.45) is 1.05. The van der Waals surface area contributed by atoms with Crippen LogP contribution >= 0.6 is 0 Å². The van der Waals surface area contributed by atoms with Gasteiger partial charge < -0.3 is 4.79 Å². The highest BCUT2D eigenvalue weighted by Crippen LogP contribution is 2.23. The lowest BCUT2D eigenvalue weighted by Gasteiger charge is -2.49. The first kappa shape index (κ1) is 11.7. The average Bonchev–Trinajstić information content (AvgIpc) is 2.09. The lowest BCUT2D eigenvalue weighted by molar-refractivity contribution is -0.120. The molecule has 0 aromatic heterocycles. The first-order chi connectivity index (χ1) is 6.29. The van der Waals surface area contributed by atoms with Crippen molar-refractivity contribution in [1.29, 1.82) is 0 Å². The summed E-state index contributed by atoms with van der Waals surface area (Å²) in [5.41, 5.74) is -0.156. The van der Waals surface area contributed by atoms with E-state index in [9.17, 15) is 4.79 Å². The zero-order chi connectivity index (χ0) is 11.0. The van der Waals surface area contributed by atoms with E-state index in [-0.39, 0.29) is 11.1 Å². The van der Waals surface area contributed by atoms with E-state index in [1.807, 2.05) is 13.8 Å². The summed E-state index contributed by atoms with van der Waals surface area (Å²) in [6.45, 7) is 11.4. The summed E-state index contributed by atoms with van der Waals surface area (Å²) in [5.74, 6) is 0. The highest BCUT2D eigenvalue weighted by Gasteiger charge is 2.37. The number of hydrogen-bond acceptors (Lipinski definition) is 3. The summed E-state index contributed by atoms with van der Waals surface area (Å²) in [7, 11) is 2.14. The second-order valence-corrected chi connectivity index (χ2v) is 5.43. The third-order valence-electron chi connectivity index (χ3n) is 3.42. The molecule has 3 nitrogen and oxygen atoms in total. The van der Waals surface area contributed by atoms with Crippen LogP contribution in [0.2, 0.25) is 0 Å². The Morgan fingerprint density at radius 3 is 2.29 bits per heavy atom. The fraction of sp³-hybridized carbons (Fsp3) is 0.909. The van der Waals surface area contributed by atoms with E-state index < -0.39 is 0 Å². The largest absolute Gasteiger partial charge is 0.301 e. The van der Waals surface area contributed by atoms with Crippen LogP contribution in [0.5, 0.6) is 0 Å². The number of aldehydes is 1. The van der Waals surface area contributed by atoms with E-state index >= 15 is 0 Å². The minimum absolute atomic E-state index is 0.165. The van der Waals surface area contributed by atoms with Gasteiger partial charge in [-0.25, -0.2) is 0 Å². The monoisotopic (exact) mass is 198 g/mol. The molecule has 0 unspecified atom stereocenters. The molecule has 0 aliphatic carbocycles. The van der Waals surface area contributed by atoms with Crippen LogP contribution in [-0.2, 0) is 4.79 Å². The normalized spacial score (nSPS) is 24.9. The van der Waals surface area contributed by atoms with E-state index in [4.69, 9.17) is 0 Å². The number of carbonyl (C=O) groups is 1. The molecule has 1 aliphatic heterocycles. The van der Waals surface area contributed by atoms with Crippen LogP contribution in [0.4, 0.5) is 0 Å². The Bertz CT molecular complexity index is 223. The molecule has 0 spiro atoms. The van der Waals surface area contributed by atoms with Gasteiger partial charge in [-0.05, 0) is 34.7 Å². The average molecular weight is 198 g/mol. The second-order valence-electron chi connectivity index (χ2n) is 5.43. The van der Waals surface area contributed by atoms with Crippen molar-refractivity contribution in [3.63, 3.8) is 0 Å². The first-order valence-electron chi connectivity index (χ1n) is 5.22. The molecule has 3 heteroatoms. The fourth-order valence-electron chi connectivity index (χ4n) is 1.81. The number of nitrogens with zero attached hydrogens (tertiary/aromatic N) is 2. The van der Waals surface area contributed by atoms with Gasteiger partial charge >= 0.3 is 0 Å². The molecule has 0 aromatic carbocycles. The predicted octanol–water partition coefficient (Wildman–Crippen LogP) is 0.990. The minimum Gasteiger partial charge on any atom is -0.301 e. The molecule has 0 N–H and O–H groups in total. The second kappa shape index (κ2) is 3.63. The molecule has 1 saturated heterocycles. The summed E-state index contributed by atoms with van der Waals surface area (Å²) >= 11 is 0. The van der Waals surface area contributed by atoms with Gasteiger partial charge in [-0.2, -0.15) is 0 Å². The van der Waals surface area contributed by atoms with Crippen LogP contribution in [0.3, 0.4) is 0 Å². The van der Waals surface area contributed by atoms with Crippen LogP contribution < -0.4 is 0 Å². The predicted molar refractivity (Wildman–Crippen MR) is 58.4 cm³/mol. The summed E-state index contributed by atoms with van der Waals surface area (Å²) in [4.78, 5) is 15.6. The van der Waals surface area contributed by atoms with Gasteiger partial charge in [-0.1, -0.05) is 0 Å². The van der Waals surface area contributed by atoms with E-state index in [0.717, 1.165) is 25.9 Å². The zero-order valence-electron chi connectivity index (χ0n) is 10.0. The number of rotatable bonds is 2. The van der Waals surface area contributed by atoms with Gasteiger partial charge in [0, 0.05) is 25.2 Å². The lowest BCUT2D eigenvalue weighted by atomic mass is 9.94. The van der Waals surface area contributed by atoms with Gasteiger partial charge in [-0.3, -0.25) is 9.80 Å². The van der Waals surface area contributed by atoms with Crippen LogP contribution in [0.1, 0.15) is 27.7 Å². The Kier molecular flexibility index (Phi) is 3.02. The molecule has 0 bridgehead atoms. The third-order valence-corrected chi connectivity index (χ3v) is 3.42. The quantitative estimate of drug-likeness (QED) is 0.618. The summed E-state index contributed by atoms with van der Waals surface area (Å²) in [5, 5.41) is 0. The van der Waals surface area contributed by atoms with E-state index in [0.29, 0.717) is 0 Å². The molecular formula is C11H22N2O. The molecule has 1 fully saturated rings. The fourth-order valence-corrected chi connectivity index (χ4v) is 1.81. The maximum absolute atomic E-state index is 11.0. The highest BCUT2D eigenvalue weighted by atomic mass is 16.1. The number of carbonyl (C=O) groups excluding carboxylic acids is 1. The van der Waals surface area contributed by atoms with Gasteiger partial charge in [0.25, 0.3) is 0 Å². The summed E-state index contributed by atoms with van der Waals surface area (Å²) in [6, 6.07) is 0. The Morgan fingerprint density at radius 1 is 1.29 bits per heavy atom. The standard InChI is InChI=1S/C11H22N2O/c1-10(2)8-13(7-6-12(10)5)11(3,4)9-14/h9H,6-8H2,1-5H3. The van der Waals surface area contributed by atoms with Crippen LogP contribution in [0.25, 0.3) is 0 Å². The van der Waals surface area contributed by atoms with Crippen molar-refractivity contribution < 1.29 is 4.79 Å². The van der Waals surface area contributed by atoms with Gasteiger partial charge in [0.15, 0.2) is 0 Å². The smallest absolute Gasteiger partial charge is 0.139 e. The number of piperazine rings is 1. The molecule has 0 aromatic rings. The zero-order valence-corrected chi connectivity index (χ0v) is 10.0. The third kappa shape index (κ3) is 2.15. The Labute approximate surface area is 87.1 Å². The molecule has 1 aliphatic rings. The summed E-state index contributed by atoms with van der Waals surface area (Å²) < 4.78 is 0. The molecule has 0 amide bonds. The van der Waals surface area contributed by atoms with Gasteiger partial charge in [0.05, 0.1) is 5.54 Å². The Morgan fingerprint density at radius 2 is 1.86 bits per heavy atom. The van der Waals surface area contributed by atoms with Crippen molar-refractivity contribution in [2.45, 2.75) is 38.8 Å². The van der Waals surface area contributed by atoms with Gasteiger partial charge in [0.1, 0.15) is 6.29 Å². The molecule has 0 saturated carbocycles. The number of likely N-dealkylation sites (N-methyl/N-ethyl adjacent to an activating group) is 1. The van der Waals surface area contributed by atoms with Crippen molar-refractivity contribution in [2.75, 3.05) is 26.7 Å². The van der Waals surface area contributed by atoms with Crippen molar-refractivity contribution in [2.24, 2.45) is 0 Å². The van der Waals surface area contributed by atoms with Crippen molar-refractivity contribution in [3.05, 3.63) is 0 Å². The molecule has 0 radical (unpaired) electrons. The van der Waals surface area contributed by atoms with Crippen molar-refractivity contribution in [3.8, 4) is 0 Å². The van der Waals surface area contributed by atoms with E-state index in [2.05, 4.69) is 30.7 Å². The molecule has 82 valence electrons. The highest BCUT2D eigenvalue weighted by molar-refractivity contribution is 5.62. The maximum atomic E-state index is 11.0. The Balaban J connectivity index is 2.73. The molecule has 1 heterocycles. The van der Waals surface area contributed by atoms with Crippen LogP contribution in [-0.4, -0.2) is 53.8 Å². The molecule has 1 rings (SSSR count). The van der Waals surface area contributed by atoms with Crippen LogP contribution in [0, 0.1) is 0 Å². The van der Waals surface area contributed by atoms with Crippen molar-refractivity contribution >= 4 is 6.29 Å². The van der Waals surface area contributed by atoms with E-state index in [1.165, 1.54) is 0 Å². The Hall–Kier alpha value is -0.410. The first-order valence-corrected chi connectivity index (χ1v) is 5.22. The van der Waals surface area contributed by atoms with Gasteiger partial charge in [-0.15, -0.1) is 0 Å². The van der Waals surface area contributed by atoms with E-state index in [1.54, 1.807) is 0 Å². The number of hydrogen-bond donors (Lipinski definition) is 0. The molecular weight excluding hydrogens is 176 g/mol. The topological polar surface area (TPSA) is 23.6 Å². The SMILES string of the molecule is CN1CCN(C(C)(C)C=O)CC1(C)C. The van der Waals surface area contributed by atoms with Gasteiger partial charge in [0.2, 0.25) is 0 Å². The minimum atomic E-state index is -0.321. The lowest BCUT2D eigenvalue weighted by Crippen LogP contribution is -2.62. The molecule has 14 heavy (non-hydrogen) atoms. The maximum Gasteiger partial charge on any atom is 0.139 e. The van der Waals surface area contributed by atoms with Crippen LogP contribution in [0.15, 0.2) is 0 Å².